The molecule has 120 valence electrons. The number of allylic oxidation sites excluding steroid dienone is 1. The molecule has 0 atom stereocenters. The number of fused-ring (bicyclic) bond motifs is 1. The number of imidazole rings is 1. The summed E-state index contributed by atoms with van der Waals surface area (Å²) in [6.07, 6.45) is 1.70. The Kier molecular flexibility index (Phi) is 4.54. The molecule has 1 aromatic heterocycles. The zero-order valence-corrected chi connectivity index (χ0v) is 14.5. The lowest BCUT2D eigenvalue weighted by Gasteiger charge is -2.08. The minimum Gasteiger partial charge on any atom is -0.504 e. The zero-order valence-electron chi connectivity index (χ0n) is 12.9. The van der Waals surface area contributed by atoms with Crippen molar-refractivity contribution in [3.05, 3.63) is 52.3 Å². The minimum atomic E-state index is 0.0446. The molecule has 0 unspecified atom stereocenters. The number of nitriles is 1. The average Bonchev–Trinajstić information content (AvgIpc) is 3.00. The number of aromatic amines is 1. The van der Waals surface area contributed by atoms with E-state index in [1.807, 2.05) is 31.2 Å². The molecule has 2 aromatic carbocycles. The average molecular weight is 384 g/mol. The molecule has 0 saturated carbocycles. The molecule has 1 heterocycles. The Balaban J connectivity index is 2.07. The van der Waals surface area contributed by atoms with Gasteiger partial charge in [0, 0.05) is 4.47 Å². The van der Waals surface area contributed by atoms with Crippen molar-refractivity contribution >= 4 is 38.6 Å². The summed E-state index contributed by atoms with van der Waals surface area (Å²) in [7, 11) is 0. The molecule has 0 radical (unpaired) electrons. The van der Waals surface area contributed by atoms with Crippen LogP contribution in [0.15, 0.2) is 40.9 Å². The van der Waals surface area contributed by atoms with E-state index >= 15 is 0 Å². The molecule has 5 nitrogen and oxygen atoms in total. The number of aromatic nitrogens is 2. The first-order valence-electron chi connectivity index (χ1n) is 7.34. The number of hydrogen-bond donors (Lipinski definition) is 2. The molecule has 0 fully saturated rings. The van der Waals surface area contributed by atoms with Crippen molar-refractivity contribution in [1.82, 2.24) is 9.97 Å². The SMILES string of the molecule is CCOc1cc(/C=C(\C#N)c2nc3ccccc3[nH]2)c(Br)cc1O. The van der Waals surface area contributed by atoms with Crippen LogP contribution in [0.25, 0.3) is 22.7 Å². The molecule has 6 heteroatoms. The van der Waals surface area contributed by atoms with Crippen LogP contribution in [-0.4, -0.2) is 21.7 Å². The largest absolute Gasteiger partial charge is 0.504 e. The van der Waals surface area contributed by atoms with E-state index in [1.54, 1.807) is 18.2 Å². The number of nitrogens with one attached hydrogen (secondary N) is 1. The van der Waals surface area contributed by atoms with E-state index in [-0.39, 0.29) is 5.75 Å². The third-order valence-corrected chi connectivity index (χ3v) is 4.13. The Morgan fingerprint density at radius 3 is 2.92 bits per heavy atom. The summed E-state index contributed by atoms with van der Waals surface area (Å²) in [6.45, 7) is 2.28. The van der Waals surface area contributed by atoms with Crippen molar-refractivity contribution in [1.29, 1.82) is 5.26 Å². The molecular formula is C18H14BrN3O2. The standard InChI is InChI=1S/C18H14BrN3O2/c1-2-24-17-8-11(13(19)9-16(17)23)7-12(10-20)18-21-14-5-3-4-6-15(14)22-18/h3-9,23H,2H2,1H3,(H,21,22)/b12-7+. The first kappa shape index (κ1) is 16.1. The predicted octanol–water partition coefficient (Wildman–Crippen LogP) is 4.49. The van der Waals surface area contributed by atoms with Crippen LogP contribution >= 0.6 is 15.9 Å². The second-order valence-electron chi connectivity index (χ2n) is 5.05. The molecule has 0 saturated heterocycles. The second-order valence-corrected chi connectivity index (χ2v) is 5.90. The van der Waals surface area contributed by atoms with Crippen LogP contribution in [0.4, 0.5) is 0 Å². The summed E-state index contributed by atoms with van der Waals surface area (Å²) in [5.74, 6) is 0.911. The number of para-hydroxylation sites is 2. The van der Waals surface area contributed by atoms with Crippen molar-refractivity contribution in [3.8, 4) is 17.6 Å². The van der Waals surface area contributed by atoms with E-state index in [9.17, 15) is 10.4 Å². The Morgan fingerprint density at radius 1 is 1.42 bits per heavy atom. The fraction of sp³-hybridized carbons (Fsp3) is 0.111. The Morgan fingerprint density at radius 2 is 2.21 bits per heavy atom. The highest BCUT2D eigenvalue weighted by atomic mass is 79.9. The minimum absolute atomic E-state index is 0.0446. The number of halogens is 1. The fourth-order valence-electron chi connectivity index (χ4n) is 2.33. The molecular weight excluding hydrogens is 370 g/mol. The third-order valence-electron chi connectivity index (χ3n) is 3.44. The predicted molar refractivity (Wildman–Crippen MR) is 96.6 cm³/mol. The van der Waals surface area contributed by atoms with E-state index in [4.69, 9.17) is 4.74 Å². The smallest absolute Gasteiger partial charge is 0.161 e. The van der Waals surface area contributed by atoms with Gasteiger partial charge in [-0.3, -0.25) is 0 Å². The molecule has 24 heavy (non-hydrogen) atoms. The van der Waals surface area contributed by atoms with Gasteiger partial charge in [0.05, 0.1) is 23.2 Å². The van der Waals surface area contributed by atoms with Crippen LogP contribution in [0.2, 0.25) is 0 Å². The van der Waals surface area contributed by atoms with Gasteiger partial charge < -0.3 is 14.8 Å². The quantitative estimate of drug-likeness (QED) is 0.650. The molecule has 2 N–H and O–H groups in total. The third kappa shape index (κ3) is 3.12. The lowest BCUT2D eigenvalue weighted by molar-refractivity contribution is 0.318. The van der Waals surface area contributed by atoms with Gasteiger partial charge in [-0.2, -0.15) is 5.26 Å². The highest BCUT2D eigenvalue weighted by Crippen LogP contribution is 2.34. The van der Waals surface area contributed by atoms with Gasteiger partial charge in [0.2, 0.25) is 0 Å². The highest BCUT2D eigenvalue weighted by Gasteiger charge is 2.11. The zero-order chi connectivity index (χ0) is 17.1. The molecule has 0 spiro atoms. The van der Waals surface area contributed by atoms with E-state index < -0.39 is 0 Å². The monoisotopic (exact) mass is 383 g/mol. The highest BCUT2D eigenvalue weighted by molar-refractivity contribution is 9.10. The number of rotatable bonds is 4. The molecule has 0 aliphatic carbocycles. The van der Waals surface area contributed by atoms with Gasteiger partial charge in [-0.1, -0.05) is 28.1 Å². The van der Waals surface area contributed by atoms with Crippen LogP contribution in [0.3, 0.4) is 0 Å². The van der Waals surface area contributed by atoms with E-state index in [1.165, 1.54) is 0 Å². The van der Waals surface area contributed by atoms with Gasteiger partial charge in [0.1, 0.15) is 11.9 Å². The van der Waals surface area contributed by atoms with Gasteiger partial charge in [-0.15, -0.1) is 0 Å². The maximum absolute atomic E-state index is 9.89. The van der Waals surface area contributed by atoms with E-state index in [0.29, 0.717) is 33.8 Å². The van der Waals surface area contributed by atoms with Crippen LogP contribution in [0.5, 0.6) is 11.5 Å². The molecule has 0 bridgehead atoms. The van der Waals surface area contributed by atoms with Crippen molar-refractivity contribution < 1.29 is 9.84 Å². The number of H-pyrrole nitrogens is 1. The lowest BCUT2D eigenvalue weighted by atomic mass is 10.1. The Bertz CT molecular complexity index is 937. The summed E-state index contributed by atoms with van der Waals surface area (Å²) < 4.78 is 6.05. The number of phenols is 1. The second kappa shape index (κ2) is 6.77. The van der Waals surface area contributed by atoms with Crippen molar-refractivity contribution in [2.24, 2.45) is 0 Å². The summed E-state index contributed by atoms with van der Waals surface area (Å²) in [4.78, 5) is 7.58. The molecule has 0 aliphatic rings. The summed E-state index contributed by atoms with van der Waals surface area (Å²) in [5, 5.41) is 19.4. The number of aromatic hydroxyl groups is 1. The van der Waals surface area contributed by atoms with Crippen molar-refractivity contribution in [3.63, 3.8) is 0 Å². The summed E-state index contributed by atoms with van der Waals surface area (Å²) in [5.41, 5.74) is 2.77. The topological polar surface area (TPSA) is 81.9 Å². The number of benzene rings is 2. The lowest BCUT2D eigenvalue weighted by Crippen LogP contribution is -1.93. The van der Waals surface area contributed by atoms with Gasteiger partial charge in [-0.25, -0.2) is 4.98 Å². The molecule has 3 rings (SSSR count). The van der Waals surface area contributed by atoms with Gasteiger partial charge in [0.25, 0.3) is 0 Å². The maximum Gasteiger partial charge on any atom is 0.161 e. The first-order chi connectivity index (χ1) is 11.6. The number of nitrogens with zero attached hydrogens (tertiary/aromatic N) is 2. The van der Waals surface area contributed by atoms with Crippen LogP contribution in [0.1, 0.15) is 18.3 Å². The fourth-order valence-corrected chi connectivity index (χ4v) is 2.78. The maximum atomic E-state index is 9.89. The molecule has 0 aliphatic heterocycles. The number of ether oxygens (including phenoxy) is 1. The summed E-state index contributed by atoms with van der Waals surface area (Å²) >= 11 is 3.40. The van der Waals surface area contributed by atoms with Gasteiger partial charge in [-0.05, 0) is 42.8 Å². The Hall–Kier alpha value is -2.78. The van der Waals surface area contributed by atoms with Crippen LogP contribution in [0, 0.1) is 11.3 Å². The molecule has 3 aromatic rings. The Labute approximate surface area is 147 Å². The number of phenolic OH excluding ortho intramolecular Hbond substituents is 1. The van der Waals surface area contributed by atoms with Crippen LogP contribution < -0.4 is 4.74 Å². The molecule has 0 amide bonds. The van der Waals surface area contributed by atoms with Gasteiger partial charge in [0.15, 0.2) is 11.5 Å². The number of hydrogen-bond acceptors (Lipinski definition) is 4. The van der Waals surface area contributed by atoms with E-state index in [0.717, 1.165) is 11.0 Å². The van der Waals surface area contributed by atoms with Crippen molar-refractivity contribution in [2.45, 2.75) is 6.92 Å². The summed E-state index contributed by atoms with van der Waals surface area (Å²) in [6, 6.07) is 13.0. The first-order valence-corrected chi connectivity index (χ1v) is 8.14. The normalized spacial score (nSPS) is 11.5. The van der Waals surface area contributed by atoms with Crippen molar-refractivity contribution in [2.75, 3.05) is 6.61 Å². The van der Waals surface area contributed by atoms with Crippen LogP contribution in [-0.2, 0) is 0 Å². The van der Waals surface area contributed by atoms with Gasteiger partial charge >= 0.3 is 0 Å². The van der Waals surface area contributed by atoms with E-state index in [2.05, 4.69) is 32.0 Å².